The quantitative estimate of drug-likeness (QED) is 0.686. The number of rotatable bonds is 4. The van der Waals surface area contributed by atoms with Crippen molar-refractivity contribution in [2.75, 3.05) is 20.0 Å². The molecule has 2 aromatic carbocycles. The highest BCUT2D eigenvalue weighted by atomic mass is 16.5. The van der Waals surface area contributed by atoms with Crippen LogP contribution in [0.15, 0.2) is 36.4 Å². The van der Waals surface area contributed by atoms with Crippen LogP contribution in [-0.2, 0) is 0 Å². The Bertz CT molecular complexity index is 650. The number of hydrogen-bond acceptors (Lipinski definition) is 4. The summed E-state index contributed by atoms with van der Waals surface area (Å²) in [5.74, 6) is 0.970. The van der Waals surface area contributed by atoms with Gasteiger partial charge in [-0.25, -0.2) is 0 Å². The Hall–Kier alpha value is -2.49. The van der Waals surface area contributed by atoms with Gasteiger partial charge in [-0.05, 0) is 37.3 Å². The third kappa shape index (κ3) is 2.59. The number of carbonyl (C=O) groups is 1. The number of anilines is 1. The molecule has 4 heteroatoms. The molecule has 0 aromatic heterocycles. The molecule has 20 heavy (non-hydrogen) atoms. The van der Waals surface area contributed by atoms with Gasteiger partial charge in [-0.15, -0.1) is 0 Å². The Morgan fingerprint density at radius 3 is 2.35 bits per heavy atom. The van der Waals surface area contributed by atoms with E-state index in [2.05, 4.69) is 0 Å². The highest BCUT2D eigenvalue weighted by molar-refractivity contribution is 6.12. The second kappa shape index (κ2) is 5.65. The van der Waals surface area contributed by atoms with Gasteiger partial charge in [0.1, 0.15) is 0 Å². The summed E-state index contributed by atoms with van der Waals surface area (Å²) < 4.78 is 10.4. The molecule has 2 aromatic rings. The van der Waals surface area contributed by atoms with Crippen LogP contribution in [0.2, 0.25) is 0 Å². The van der Waals surface area contributed by atoms with Crippen LogP contribution in [0.1, 0.15) is 21.5 Å². The van der Waals surface area contributed by atoms with Gasteiger partial charge < -0.3 is 15.2 Å². The highest BCUT2D eigenvalue weighted by Crippen LogP contribution is 2.29. The minimum atomic E-state index is -0.132. The van der Waals surface area contributed by atoms with Crippen molar-refractivity contribution in [3.63, 3.8) is 0 Å². The van der Waals surface area contributed by atoms with Gasteiger partial charge in [0.2, 0.25) is 0 Å². The molecule has 0 aliphatic carbocycles. The van der Waals surface area contributed by atoms with Crippen molar-refractivity contribution in [1.82, 2.24) is 0 Å². The van der Waals surface area contributed by atoms with Gasteiger partial charge in [0.05, 0.1) is 14.2 Å². The van der Waals surface area contributed by atoms with Gasteiger partial charge in [-0.1, -0.05) is 11.6 Å². The lowest BCUT2D eigenvalue weighted by atomic mass is 9.99. The van der Waals surface area contributed by atoms with Gasteiger partial charge in [-0.3, -0.25) is 4.79 Å². The summed E-state index contributed by atoms with van der Waals surface area (Å²) in [6.07, 6.45) is 0. The monoisotopic (exact) mass is 271 g/mol. The normalized spacial score (nSPS) is 10.2. The maximum atomic E-state index is 12.5. The molecule has 2 rings (SSSR count). The predicted molar refractivity (Wildman–Crippen MR) is 78.6 cm³/mol. The average Bonchev–Trinajstić information content (AvgIpc) is 2.48. The average molecular weight is 271 g/mol. The van der Waals surface area contributed by atoms with Crippen molar-refractivity contribution in [3.8, 4) is 11.5 Å². The van der Waals surface area contributed by atoms with E-state index >= 15 is 0 Å². The molecule has 0 bridgehead atoms. The van der Waals surface area contributed by atoms with E-state index in [1.165, 1.54) is 7.11 Å². The summed E-state index contributed by atoms with van der Waals surface area (Å²) >= 11 is 0. The standard InChI is InChI=1S/C16H17NO3/c1-10-4-6-13(17)12(8-10)16(18)11-5-7-14(19-2)15(9-11)20-3/h4-9H,17H2,1-3H3. The molecule has 0 spiro atoms. The molecule has 0 fully saturated rings. The first-order valence-corrected chi connectivity index (χ1v) is 6.19. The van der Waals surface area contributed by atoms with Crippen molar-refractivity contribution in [2.45, 2.75) is 6.92 Å². The summed E-state index contributed by atoms with van der Waals surface area (Å²) in [6, 6.07) is 10.5. The molecule has 0 saturated carbocycles. The van der Waals surface area contributed by atoms with Crippen LogP contribution >= 0.6 is 0 Å². The highest BCUT2D eigenvalue weighted by Gasteiger charge is 2.15. The van der Waals surface area contributed by atoms with E-state index < -0.39 is 0 Å². The second-order valence-electron chi connectivity index (χ2n) is 4.49. The lowest BCUT2D eigenvalue weighted by molar-refractivity contribution is 0.103. The fourth-order valence-corrected chi connectivity index (χ4v) is 2.00. The minimum absolute atomic E-state index is 0.132. The fraction of sp³-hybridized carbons (Fsp3) is 0.188. The van der Waals surface area contributed by atoms with E-state index in [4.69, 9.17) is 15.2 Å². The zero-order valence-corrected chi connectivity index (χ0v) is 11.8. The van der Waals surface area contributed by atoms with Crippen LogP contribution in [0.3, 0.4) is 0 Å². The van der Waals surface area contributed by atoms with E-state index in [0.29, 0.717) is 28.3 Å². The van der Waals surface area contributed by atoms with Gasteiger partial charge >= 0.3 is 0 Å². The Balaban J connectivity index is 2.45. The lowest BCUT2D eigenvalue weighted by Crippen LogP contribution is -2.06. The third-order valence-electron chi connectivity index (χ3n) is 3.10. The molecule has 0 unspecified atom stereocenters. The lowest BCUT2D eigenvalue weighted by Gasteiger charge is -2.10. The Labute approximate surface area is 118 Å². The van der Waals surface area contributed by atoms with Crippen LogP contribution < -0.4 is 15.2 Å². The van der Waals surface area contributed by atoms with Gasteiger partial charge in [0.25, 0.3) is 0 Å². The number of aryl methyl sites for hydroxylation is 1. The topological polar surface area (TPSA) is 61.5 Å². The Morgan fingerprint density at radius 1 is 1.00 bits per heavy atom. The minimum Gasteiger partial charge on any atom is -0.493 e. The maximum Gasteiger partial charge on any atom is 0.195 e. The summed E-state index contributed by atoms with van der Waals surface area (Å²) in [6.45, 7) is 1.92. The van der Waals surface area contributed by atoms with Crippen LogP contribution in [-0.4, -0.2) is 20.0 Å². The van der Waals surface area contributed by atoms with E-state index in [-0.39, 0.29) is 5.78 Å². The Kier molecular flexibility index (Phi) is 3.94. The number of nitrogen functional groups attached to an aromatic ring is 1. The van der Waals surface area contributed by atoms with Gasteiger partial charge in [0, 0.05) is 16.8 Å². The number of hydrogen-bond donors (Lipinski definition) is 1. The summed E-state index contributed by atoms with van der Waals surface area (Å²) in [4.78, 5) is 12.5. The summed E-state index contributed by atoms with van der Waals surface area (Å²) in [5, 5.41) is 0. The van der Waals surface area contributed by atoms with Gasteiger partial charge in [-0.2, -0.15) is 0 Å². The van der Waals surface area contributed by atoms with Gasteiger partial charge in [0.15, 0.2) is 17.3 Å². The summed E-state index contributed by atoms with van der Waals surface area (Å²) in [7, 11) is 3.09. The molecular formula is C16H17NO3. The number of methoxy groups -OCH3 is 2. The first-order chi connectivity index (χ1) is 9.56. The first-order valence-electron chi connectivity index (χ1n) is 6.19. The first kappa shape index (κ1) is 13.9. The van der Waals surface area contributed by atoms with E-state index in [0.717, 1.165) is 5.56 Å². The SMILES string of the molecule is COc1ccc(C(=O)c2cc(C)ccc2N)cc1OC. The number of carbonyl (C=O) groups excluding carboxylic acids is 1. The molecule has 0 aliphatic rings. The van der Waals surface area contributed by atoms with E-state index in [9.17, 15) is 4.79 Å². The van der Waals surface area contributed by atoms with E-state index in [1.54, 1.807) is 37.4 Å². The smallest absolute Gasteiger partial charge is 0.195 e. The van der Waals surface area contributed by atoms with Crippen molar-refractivity contribution in [2.24, 2.45) is 0 Å². The van der Waals surface area contributed by atoms with Crippen molar-refractivity contribution >= 4 is 11.5 Å². The zero-order valence-electron chi connectivity index (χ0n) is 11.8. The number of nitrogens with two attached hydrogens (primary N) is 1. The van der Waals surface area contributed by atoms with Crippen molar-refractivity contribution in [1.29, 1.82) is 0 Å². The van der Waals surface area contributed by atoms with Crippen LogP contribution in [0.5, 0.6) is 11.5 Å². The Morgan fingerprint density at radius 2 is 1.70 bits per heavy atom. The molecule has 104 valence electrons. The molecule has 4 nitrogen and oxygen atoms in total. The molecule has 0 atom stereocenters. The van der Waals surface area contributed by atoms with Crippen LogP contribution in [0.4, 0.5) is 5.69 Å². The molecule has 2 N–H and O–H groups in total. The molecule has 0 radical (unpaired) electrons. The number of benzene rings is 2. The zero-order chi connectivity index (χ0) is 14.7. The predicted octanol–water partition coefficient (Wildman–Crippen LogP) is 2.83. The largest absolute Gasteiger partial charge is 0.493 e. The second-order valence-corrected chi connectivity index (χ2v) is 4.49. The molecular weight excluding hydrogens is 254 g/mol. The van der Waals surface area contributed by atoms with Crippen LogP contribution in [0.25, 0.3) is 0 Å². The van der Waals surface area contributed by atoms with Crippen LogP contribution in [0, 0.1) is 6.92 Å². The number of ketones is 1. The fourth-order valence-electron chi connectivity index (χ4n) is 2.00. The molecule has 0 amide bonds. The van der Waals surface area contributed by atoms with Crippen molar-refractivity contribution in [3.05, 3.63) is 53.1 Å². The molecule has 0 heterocycles. The number of ether oxygens (including phenoxy) is 2. The van der Waals surface area contributed by atoms with E-state index in [1.807, 2.05) is 13.0 Å². The molecule has 0 aliphatic heterocycles. The molecule has 0 saturated heterocycles. The summed E-state index contributed by atoms with van der Waals surface area (Å²) in [5.41, 5.74) is 8.35. The van der Waals surface area contributed by atoms with Crippen molar-refractivity contribution < 1.29 is 14.3 Å². The maximum absolute atomic E-state index is 12.5. The third-order valence-corrected chi connectivity index (χ3v) is 3.10.